The summed E-state index contributed by atoms with van der Waals surface area (Å²) in [5.74, 6) is -0.00958. The third-order valence-electron chi connectivity index (χ3n) is 2.14. The van der Waals surface area contributed by atoms with Gasteiger partial charge in [0.25, 0.3) is 0 Å². The van der Waals surface area contributed by atoms with Crippen molar-refractivity contribution in [3.63, 3.8) is 0 Å². The van der Waals surface area contributed by atoms with E-state index < -0.39 is 0 Å². The molecule has 0 atom stereocenters. The van der Waals surface area contributed by atoms with Gasteiger partial charge in [-0.15, -0.1) is 0 Å². The van der Waals surface area contributed by atoms with Crippen molar-refractivity contribution in [2.75, 3.05) is 6.61 Å². The Kier molecular flexibility index (Phi) is 4.10. The van der Waals surface area contributed by atoms with Crippen LogP contribution in [-0.4, -0.2) is 12.4 Å². The molecular weight excluding hydrogens is 188 g/mol. The Morgan fingerprint density at radius 2 is 2.13 bits per heavy atom. The fourth-order valence-corrected chi connectivity index (χ4v) is 1.30. The molecule has 0 saturated heterocycles. The third kappa shape index (κ3) is 3.24. The number of aryl methyl sites for hydroxylation is 2. The Morgan fingerprint density at radius 1 is 1.40 bits per heavy atom. The molecule has 0 radical (unpaired) electrons. The lowest BCUT2D eigenvalue weighted by molar-refractivity contribution is 0.104. The number of hydrogen-bond donors (Lipinski definition) is 0. The SMILES string of the molecule is CCO/C=C/C(=O)c1cc(C)ccc1C. The van der Waals surface area contributed by atoms with Crippen LogP contribution in [0.15, 0.2) is 30.5 Å². The number of benzene rings is 1. The summed E-state index contributed by atoms with van der Waals surface area (Å²) in [7, 11) is 0. The molecule has 0 aliphatic heterocycles. The lowest BCUT2D eigenvalue weighted by Gasteiger charge is -2.02. The second-order valence-corrected chi connectivity index (χ2v) is 3.44. The number of allylic oxidation sites excluding steroid dienone is 1. The quantitative estimate of drug-likeness (QED) is 0.428. The second kappa shape index (κ2) is 5.35. The molecule has 0 bridgehead atoms. The Balaban J connectivity index is 2.86. The lowest BCUT2D eigenvalue weighted by atomic mass is 10.0. The molecule has 0 aliphatic rings. The zero-order valence-corrected chi connectivity index (χ0v) is 9.41. The van der Waals surface area contributed by atoms with Crippen molar-refractivity contribution in [3.05, 3.63) is 47.2 Å². The van der Waals surface area contributed by atoms with Crippen LogP contribution in [0.1, 0.15) is 28.4 Å². The van der Waals surface area contributed by atoms with E-state index in [2.05, 4.69) is 0 Å². The number of carbonyl (C=O) groups excluding carboxylic acids is 1. The van der Waals surface area contributed by atoms with Crippen LogP contribution in [0.4, 0.5) is 0 Å². The molecule has 0 aliphatic carbocycles. The van der Waals surface area contributed by atoms with E-state index in [4.69, 9.17) is 4.74 Å². The van der Waals surface area contributed by atoms with Gasteiger partial charge in [-0.25, -0.2) is 0 Å². The van der Waals surface area contributed by atoms with E-state index >= 15 is 0 Å². The molecule has 0 amide bonds. The zero-order chi connectivity index (χ0) is 11.3. The predicted molar refractivity (Wildman–Crippen MR) is 61.0 cm³/mol. The van der Waals surface area contributed by atoms with Gasteiger partial charge < -0.3 is 4.74 Å². The van der Waals surface area contributed by atoms with Crippen molar-refractivity contribution in [1.29, 1.82) is 0 Å². The number of carbonyl (C=O) groups is 1. The zero-order valence-electron chi connectivity index (χ0n) is 9.41. The van der Waals surface area contributed by atoms with Gasteiger partial charge in [0.1, 0.15) is 0 Å². The van der Waals surface area contributed by atoms with Crippen LogP contribution in [0, 0.1) is 13.8 Å². The molecule has 15 heavy (non-hydrogen) atoms. The topological polar surface area (TPSA) is 26.3 Å². The maximum Gasteiger partial charge on any atom is 0.189 e. The van der Waals surface area contributed by atoms with E-state index in [1.165, 1.54) is 12.3 Å². The van der Waals surface area contributed by atoms with Crippen LogP contribution >= 0.6 is 0 Å². The molecule has 0 saturated carbocycles. The highest BCUT2D eigenvalue weighted by Gasteiger charge is 2.05. The first-order valence-electron chi connectivity index (χ1n) is 5.05. The van der Waals surface area contributed by atoms with Gasteiger partial charge in [-0.2, -0.15) is 0 Å². The predicted octanol–water partition coefficient (Wildman–Crippen LogP) is 3.04. The molecule has 0 N–H and O–H groups in total. The third-order valence-corrected chi connectivity index (χ3v) is 2.14. The first-order chi connectivity index (χ1) is 7.15. The fraction of sp³-hybridized carbons (Fsp3) is 0.308. The van der Waals surface area contributed by atoms with Crippen LogP contribution in [0.3, 0.4) is 0 Å². The van der Waals surface area contributed by atoms with Crippen molar-refractivity contribution in [2.45, 2.75) is 20.8 Å². The Hall–Kier alpha value is -1.57. The molecule has 0 unspecified atom stereocenters. The van der Waals surface area contributed by atoms with E-state index in [1.54, 1.807) is 0 Å². The van der Waals surface area contributed by atoms with Crippen LogP contribution in [0.2, 0.25) is 0 Å². The Morgan fingerprint density at radius 3 is 2.80 bits per heavy atom. The first-order valence-corrected chi connectivity index (χ1v) is 5.05. The van der Waals surface area contributed by atoms with Crippen molar-refractivity contribution in [3.8, 4) is 0 Å². The highest BCUT2D eigenvalue weighted by Crippen LogP contribution is 2.11. The molecule has 1 rings (SSSR count). The minimum atomic E-state index is -0.00958. The summed E-state index contributed by atoms with van der Waals surface area (Å²) in [5, 5.41) is 0. The highest BCUT2D eigenvalue weighted by atomic mass is 16.5. The molecule has 0 spiro atoms. The monoisotopic (exact) mass is 204 g/mol. The van der Waals surface area contributed by atoms with Gasteiger partial charge in [-0.1, -0.05) is 17.7 Å². The molecule has 1 aromatic rings. The summed E-state index contributed by atoms with van der Waals surface area (Å²) in [6.45, 7) is 6.37. The van der Waals surface area contributed by atoms with Crippen LogP contribution in [0.25, 0.3) is 0 Å². The first kappa shape index (κ1) is 11.5. The van der Waals surface area contributed by atoms with Gasteiger partial charge in [-0.3, -0.25) is 4.79 Å². The minimum absolute atomic E-state index is 0.00958. The average Bonchev–Trinajstić information content (AvgIpc) is 2.22. The van der Waals surface area contributed by atoms with E-state index in [9.17, 15) is 4.79 Å². The van der Waals surface area contributed by atoms with Crippen LogP contribution < -0.4 is 0 Å². The molecule has 2 nitrogen and oxygen atoms in total. The molecule has 0 aromatic heterocycles. The van der Waals surface area contributed by atoms with E-state index in [0.717, 1.165) is 16.7 Å². The van der Waals surface area contributed by atoms with Crippen molar-refractivity contribution < 1.29 is 9.53 Å². The summed E-state index contributed by atoms with van der Waals surface area (Å²) in [4.78, 5) is 11.7. The smallest absolute Gasteiger partial charge is 0.189 e. The van der Waals surface area contributed by atoms with Crippen molar-refractivity contribution in [2.24, 2.45) is 0 Å². The van der Waals surface area contributed by atoms with Crippen molar-refractivity contribution >= 4 is 5.78 Å². The van der Waals surface area contributed by atoms with Gasteiger partial charge in [-0.05, 0) is 32.4 Å². The maximum atomic E-state index is 11.7. The Labute approximate surface area is 90.6 Å². The largest absolute Gasteiger partial charge is 0.501 e. The molecule has 1 aromatic carbocycles. The Bertz CT molecular complexity index is 378. The molecular formula is C13H16O2. The van der Waals surface area contributed by atoms with Gasteiger partial charge in [0.15, 0.2) is 5.78 Å². The summed E-state index contributed by atoms with van der Waals surface area (Å²) in [6, 6.07) is 5.85. The molecule has 2 heteroatoms. The van der Waals surface area contributed by atoms with Gasteiger partial charge in [0, 0.05) is 11.6 Å². The summed E-state index contributed by atoms with van der Waals surface area (Å²) in [6.07, 6.45) is 2.91. The average molecular weight is 204 g/mol. The summed E-state index contributed by atoms with van der Waals surface area (Å²) in [5.41, 5.74) is 2.83. The van der Waals surface area contributed by atoms with E-state index in [0.29, 0.717) is 6.61 Å². The molecule has 0 fully saturated rings. The van der Waals surface area contributed by atoms with Gasteiger partial charge >= 0.3 is 0 Å². The number of ether oxygens (including phenoxy) is 1. The maximum absolute atomic E-state index is 11.7. The fourth-order valence-electron chi connectivity index (χ4n) is 1.30. The number of rotatable bonds is 4. The van der Waals surface area contributed by atoms with E-state index in [-0.39, 0.29) is 5.78 Å². The molecule has 0 heterocycles. The van der Waals surface area contributed by atoms with Crippen molar-refractivity contribution in [1.82, 2.24) is 0 Å². The lowest BCUT2D eigenvalue weighted by Crippen LogP contribution is -1.98. The highest BCUT2D eigenvalue weighted by molar-refractivity contribution is 6.05. The number of hydrogen-bond acceptors (Lipinski definition) is 2. The second-order valence-electron chi connectivity index (χ2n) is 3.44. The van der Waals surface area contributed by atoms with Crippen LogP contribution in [-0.2, 0) is 4.74 Å². The normalized spacial score (nSPS) is 10.6. The summed E-state index contributed by atoms with van der Waals surface area (Å²) < 4.78 is 4.99. The summed E-state index contributed by atoms with van der Waals surface area (Å²) >= 11 is 0. The van der Waals surface area contributed by atoms with E-state index in [1.807, 2.05) is 39.0 Å². The number of ketones is 1. The molecule has 80 valence electrons. The van der Waals surface area contributed by atoms with Gasteiger partial charge in [0.2, 0.25) is 0 Å². The standard InChI is InChI=1S/C13H16O2/c1-4-15-8-7-13(14)12-9-10(2)5-6-11(12)3/h5-9H,4H2,1-3H3/b8-7+. The van der Waals surface area contributed by atoms with Crippen LogP contribution in [0.5, 0.6) is 0 Å². The minimum Gasteiger partial charge on any atom is -0.501 e. The van der Waals surface area contributed by atoms with Gasteiger partial charge in [0.05, 0.1) is 12.9 Å².